The van der Waals surface area contributed by atoms with Crippen molar-refractivity contribution in [3.8, 4) is 0 Å². The van der Waals surface area contributed by atoms with Crippen LogP contribution < -0.4 is 0 Å². The molecule has 4 heteroatoms. The van der Waals surface area contributed by atoms with Crippen LogP contribution in [0.5, 0.6) is 0 Å². The fourth-order valence-electron chi connectivity index (χ4n) is 2.20. The van der Waals surface area contributed by atoms with E-state index in [2.05, 4.69) is 6.92 Å². The number of rotatable bonds is 3. The van der Waals surface area contributed by atoms with E-state index in [0.717, 1.165) is 45.2 Å². The number of carbonyl (C=O) groups excluding carboxylic acids is 1. The summed E-state index contributed by atoms with van der Waals surface area (Å²) in [5.41, 5.74) is -0.0175. The van der Waals surface area contributed by atoms with Crippen LogP contribution in [0.15, 0.2) is 0 Å². The minimum absolute atomic E-state index is 0.0175. The van der Waals surface area contributed by atoms with E-state index in [1.54, 1.807) is 7.11 Å². The Morgan fingerprint density at radius 1 is 1.38 bits per heavy atom. The van der Waals surface area contributed by atoms with Gasteiger partial charge in [-0.25, -0.2) is 4.79 Å². The lowest BCUT2D eigenvalue weighted by Crippen LogP contribution is -2.47. The van der Waals surface area contributed by atoms with Crippen molar-refractivity contribution in [2.45, 2.75) is 50.7 Å². The maximum atomic E-state index is 11.7. The molecule has 1 heterocycles. The second-order valence-corrected chi connectivity index (χ2v) is 4.81. The molecule has 4 nitrogen and oxygen atoms in total. The van der Waals surface area contributed by atoms with E-state index in [-0.39, 0.29) is 17.8 Å². The topological polar surface area (TPSA) is 38.8 Å². The predicted octanol–water partition coefficient (Wildman–Crippen LogP) is 2.18. The Balaban J connectivity index is 1.81. The normalized spacial score (nSPS) is 24.2. The zero-order valence-corrected chi connectivity index (χ0v) is 10.2. The van der Waals surface area contributed by atoms with Crippen LogP contribution in [0.3, 0.4) is 0 Å². The molecule has 0 spiro atoms. The molecule has 0 bridgehead atoms. The Morgan fingerprint density at radius 3 is 2.44 bits per heavy atom. The van der Waals surface area contributed by atoms with Gasteiger partial charge in [-0.15, -0.1) is 0 Å². The summed E-state index contributed by atoms with van der Waals surface area (Å²) in [5, 5.41) is 0. The van der Waals surface area contributed by atoms with Crippen LogP contribution >= 0.6 is 0 Å². The molecule has 0 aromatic heterocycles. The summed E-state index contributed by atoms with van der Waals surface area (Å²) < 4.78 is 10.9. The van der Waals surface area contributed by atoms with Crippen molar-refractivity contribution in [3.05, 3.63) is 0 Å². The van der Waals surface area contributed by atoms with Gasteiger partial charge in [0.1, 0.15) is 6.10 Å². The predicted molar refractivity (Wildman–Crippen MR) is 60.3 cm³/mol. The van der Waals surface area contributed by atoms with Gasteiger partial charge < -0.3 is 14.4 Å². The molecule has 1 aliphatic heterocycles. The van der Waals surface area contributed by atoms with Crippen molar-refractivity contribution < 1.29 is 14.3 Å². The number of likely N-dealkylation sites (tertiary alicyclic amines) is 1. The monoisotopic (exact) mass is 227 g/mol. The summed E-state index contributed by atoms with van der Waals surface area (Å²) in [5.74, 6) is 0. The van der Waals surface area contributed by atoms with Gasteiger partial charge >= 0.3 is 6.09 Å². The van der Waals surface area contributed by atoms with Crippen molar-refractivity contribution in [3.63, 3.8) is 0 Å². The summed E-state index contributed by atoms with van der Waals surface area (Å²) in [4.78, 5) is 13.5. The molecule has 0 aromatic rings. The number of piperidine rings is 1. The lowest BCUT2D eigenvalue weighted by Gasteiger charge is -2.39. The maximum absolute atomic E-state index is 11.7. The van der Waals surface area contributed by atoms with E-state index >= 15 is 0 Å². The summed E-state index contributed by atoms with van der Waals surface area (Å²) in [6, 6.07) is 0. The average Bonchev–Trinajstić information content (AvgIpc) is 3.13. The highest BCUT2D eigenvalue weighted by Crippen LogP contribution is 2.30. The molecule has 1 aliphatic carbocycles. The number of methoxy groups -OCH3 is 1. The average molecular weight is 227 g/mol. The Kier molecular flexibility index (Phi) is 3.38. The summed E-state index contributed by atoms with van der Waals surface area (Å²) in [6.45, 7) is 3.65. The molecule has 16 heavy (non-hydrogen) atoms. The van der Waals surface area contributed by atoms with E-state index in [9.17, 15) is 4.79 Å². The van der Waals surface area contributed by atoms with Crippen LogP contribution in [0.1, 0.15) is 39.0 Å². The van der Waals surface area contributed by atoms with Crippen LogP contribution in [0.2, 0.25) is 0 Å². The first-order chi connectivity index (χ1) is 7.69. The molecule has 0 unspecified atom stereocenters. The number of amides is 1. The SMILES string of the molecule is CCC1(OC)CCN(C(=O)OC2CC2)CC1. The fraction of sp³-hybridized carbons (Fsp3) is 0.917. The Bertz CT molecular complexity index is 249. The lowest BCUT2D eigenvalue weighted by atomic mass is 9.89. The smallest absolute Gasteiger partial charge is 0.410 e. The first-order valence-electron chi connectivity index (χ1n) is 6.20. The molecule has 1 saturated carbocycles. The van der Waals surface area contributed by atoms with Crippen molar-refractivity contribution in [1.29, 1.82) is 0 Å². The third-order valence-corrected chi connectivity index (χ3v) is 3.80. The van der Waals surface area contributed by atoms with Gasteiger partial charge in [-0.3, -0.25) is 0 Å². The van der Waals surface area contributed by atoms with Crippen LogP contribution in [0, 0.1) is 0 Å². The first kappa shape index (κ1) is 11.7. The van der Waals surface area contributed by atoms with Crippen molar-refractivity contribution in [2.24, 2.45) is 0 Å². The standard InChI is InChI=1S/C12H21NO3/c1-3-12(15-2)6-8-13(9-7-12)11(14)16-10-4-5-10/h10H,3-9H2,1-2H3. The molecule has 2 fully saturated rings. The largest absolute Gasteiger partial charge is 0.446 e. The Hall–Kier alpha value is -0.770. The molecule has 0 N–H and O–H groups in total. The summed E-state index contributed by atoms with van der Waals surface area (Å²) in [6.07, 6.45) is 4.98. The molecule has 0 radical (unpaired) electrons. The first-order valence-corrected chi connectivity index (χ1v) is 6.20. The minimum Gasteiger partial charge on any atom is -0.446 e. The van der Waals surface area contributed by atoms with Crippen molar-refractivity contribution in [1.82, 2.24) is 4.90 Å². The molecule has 1 saturated heterocycles. The zero-order valence-electron chi connectivity index (χ0n) is 10.2. The van der Waals surface area contributed by atoms with Gasteiger partial charge in [-0.05, 0) is 32.1 Å². The maximum Gasteiger partial charge on any atom is 0.410 e. The zero-order chi connectivity index (χ0) is 11.6. The quantitative estimate of drug-likeness (QED) is 0.741. The number of ether oxygens (including phenoxy) is 2. The van der Waals surface area contributed by atoms with Gasteiger partial charge in [0.2, 0.25) is 0 Å². The molecule has 0 aromatic carbocycles. The highest BCUT2D eigenvalue weighted by Gasteiger charge is 2.36. The Labute approximate surface area is 96.9 Å². The third-order valence-electron chi connectivity index (χ3n) is 3.80. The van der Waals surface area contributed by atoms with E-state index in [1.165, 1.54) is 0 Å². The van der Waals surface area contributed by atoms with Crippen LogP contribution in [0.4, 0.5) is 4.79 Å². The number of hydrogen-bond donors (Lipinski definition) is 0. The van der Waals surface area contributed by atoms with Gasteiger partial charge in [0.25, 0.3) is 0 Å². The van der Waals surface area contributed by atoms with E-state index < -0.39 is 0 Å². The lowest BCUT2D eigenvalue weighted by molar-refractivity contribution is -0.0575. The summed E-state index contributed by atoms with van der Waals surface area (Å²) >= 11 is 0. The van der Waals surface area contributed by atoms with Crippen molar-refractivity contribution >= 4 is 6.09 Å². The Morgan fingerprint density at radius 2 is 2.00 bits per heavy atom. The minimum atomic E-state index is -0.136. The number of hydrogen-bond acceptors (Lipinski definition) is 3. The molecule has 0 atom stereocenters. The van der Waals surface area contributed by atoms with Gasteiger partial charge in [-0.2, -0.15) is 0 Å². The summed E-state index contributed by atoms with van der Waals surface area (Å²) in [7, 11) is 1.77. The molecular formula is C12H21NO3. The van der Waals surface area contributed by atoms with Gasteiger partial charge in [0.05, 0.1) is 5.60 Å². The molecule has 2 rings (SSSR count). The van der Waals surface area contributed by atoms with Gasteiger partial charge in [0, 0.05) is 20.2 Å². The van der Waals surface area contributed by atoms with Crippen LogP contribution in [0.25, 0.3) is 0 Å². The van der Waals surface area contributed by atoms with E-state index in [4.69, 9.17) is 9.47 Å². The molecular weight excluding hydrogens is 206 g/mol. The number of nitrogens with zero attached hydrogens (tertiary/aromatic N) is 1. The second-order valence-electron chi connectivity index (χ2n) is 4.81. The van der Waals surface area contributed by atoms with Crippen molar-refractivity contribution in [2.75, 3.05) is 20.2 Å². The van der Waals surface area contributed by atoms with Gasteiger partial charge in [0.15, 0.2) is 0 Å². The van der Waals surface area contributed by atoms with Gasteiger partial charge in [-0.1, -0.05) is 6.92 Å². The van der Waals surface area contributed by atoms with E-state index in [1.807, 2.05) is 4.90 Å². The van der Waals surface area contributed by atoms with Crippen LogP contribution in [-0.4, -0.2) is 42.9 Å². The number of carbonyl (C=O) groups is 1. The third kappa shape index (κ3) is 2.48. The second kappa shape index (κ2) is 4.62. The van der Waals surface area contributed by atoms with Crippen LogP contribution in [-0.2, 0) is 9.47 Å². The fourth-order valence-corrected chi connectivity index (χ4v) is 2.20. The highest BCUT2D eigenvalue weighted by molar-refractivity contribution is 5.68. The van der Waals surface area contributed by atoms with E-state index in [0.29, 0.717) is 0 Å². The molecule has 1 amide bonds. The molecule has 92 valence electrons. The highest BCUT2D eigenvalue weighted by atomic mass is 16.6. The molecule has 2 aliphatic rings.